The minimum atomic E-state index is -0.593. The maximum Gasteiger partial charge on any atom is 0.343 e. The maximum absolute atomic E-state index is 12.4. The summed E-state index contributed by atoms with van der Waals surface area (Å²) in [5.74, 6) is -0.664. The fraction of sp³-hybridized carbons (Fsp3) is 0. The van der Waals surface area contributed by atoms with Crippen LogP contribution in [0.3, 0.4) is 0 Å². The number of hydrogen-bond acceptors (Lipinski definition) is 8. The average Bonchev–Trinajstić information content (AvgIpc) is 3.01. The third-order valence-corrected chi connectivity index (χ3v) is 6.01. The van der Waals surface area contributed by atoms with Gasteiger partial charge in [0.1, 0.15) is 23.0 Å². The number of esters is 2. The molecule has 5 rings (SSSR count). The second-order valence-electron chi connectivity index (χ2n) is 8.96. The number of phenols is 2. The molecule has 8 nitrogen and oxygen atoms in total. The molecule has 0 atom stereocenters. The topological polar surface area (TPSA) is 118 Å². The van der Waals surface area contributed by atoms with Gasteiger partial charge in [0.15, 0.2) is 0 Å². The summed E-state index contributed by atoms with van der Waals surface area (Å²) in [6.07, 6.45) is 2.92. The number of hydrogen-bond donors (Lipinski definition) is 2. The van der Waals surface area contributed by atoms with E-state index in [0.717, 1.165) is 0 Å². The van der Waals surface area contributed by atoms with Gasteiger partial charge in [-0.05, 0) is 72.8 Å². The first-order valence-electron chi connectivity index (χ1n) is 12.8. The normalized spacial score (nSPS) is 10.8. The van der Waals surface area contributed by atoms with Gasteiger partial charge in [0.2, 0.25) is 0 Å². The fourth-order valence-electron chi connectivity index (χ4n) is 3.83. The van der Waals surface area contributed by atoms with Crippen LogP contribution in [0.4, 0.5) is 11.4 Å². The van der Waals surface area contributed by atoms with E-state index in [9.17, 15) is 19.8 Å². The van der Waals surface area contributed by atoms with Crippen LogP contribution in [0.1, 0.15) is 31.8 Å². The molecule has 0 aliphatic heterocycles. The van der Waals surface area contributed by atoms with Crippen LogP contribution in [-0.2, 0) is 21.1 Å². The molecule has 0 saturated carbocycles. The Morgan fingerprint density at radius 1 is 0.535 bits per heavy atom. The van der Waals surface area contributed by atoms with E-state index in [1.165, 1.54) is 24.6 Å². The first-order chi connectivity index (χ1) is 20.5. The predicted molar refractivity (Wildman–Crippen MR) is 160 cm³/mol. The molecule has 0 amide bonds. The Hall–Kier alpha value is -5.33. The molecule has 5 aromatic carbocycles. The monoisotopic (exact) mass is 751 g/mol. The Morgan fingerprint density at radius 3 is 1.28 bits per heavy atom. The van der Waals surface area contributed by atoms with Gasteiger partial charge >= 0.3 is 11.9 Å². The minimum absolute atomic E-state index is 0. The summed E-state index contributed by atoms with van der Waals surface area (Å²) in [5.41, 5.74) is 2.17. The number of rotatable bonds is 8. The minimum Gasteiger partial charge on any atom is -0.507 e. The molecule has 0 spiro atoms. The van der Waals surface area contributed by atoms with E-state index < -0.39 is 11.9 Å². The molecule has 0 bridgehead atoms. The van der Waals surface area contributed by atoms with Crippen molar-refractivity contribution < 1.29 is 50.3 Å². The van der Waals surface area contributed by atoms with Gasteiger partial charge in [0, 0.05) is 44.6 Å². The molecule has 216 valence electrons. The van der Waals surface area contributed by atoms with Crippen LogP contribution in [0.15, 0.2) is 131 Å². The summed E-state index contributed by atoms with van der Waals surface area (Å²) in [7, 11) is 0. The maximum atomic E-state index is 12.4. The van der Waals surface area contributed by atoms with Crippen molar-refractivity contribution in [3.05, 3.63) is 144 Å². The number of aromatic hydroxyl groups is 2. The van der Waals surface area contributed by atoms with E-state index in [-0.39, 0.29) is 43.7 Å². The molecule has 0 fully saturated rings. The molecule has 43 heavy (non-hydrogen) atoms. The summed E-state index contributed by atoms with van der Waals surface area (Å²) >= 11 is 0. The molecule has 0 radical (unpaired) electrons. The second kappa shape index (κ2) is 14.5. The van der Waals surface area contributed by atoms with Gasteiger partial charge in [-0.2, -0.15) is 0 Å². The molecule has 0 aliphatic carbocycles. The van der Waals surface area contributed by atoms with Gasteiger partial charge in [-0.3, -0.25) is 9.98 Å². The van der Waals surface area contributed by atoms with Gasteiger partial charge in [-0.1, -0.05) is 48.5 Å². The quantitative estimate of drug-likeness (QED) is 0.0999. The number of benzene rings is 5. The van der Waals surface area contributed by atoms with Crippen molar-refractivity contribution in [2.75, 3.05) is 0 Å². The predicted octanol–water partition coefficient (Wildman–Crippen LogP) is 7.03. The zero-order valence-corrected chi connectivity index (χ0v) is 24.7. The van der Waals surface area contributed by atoms with Crippen LogP contribution in [0, 0.1) is 0 Å². The summed E-state index contributed by atoms with van der Waals surface area (Å²) in [4.78, 5) is 33.7. The van der Waals surface area contributed by atoms with Crippen molar-refractivity contribution in [2.24, 2.45) is 9.98 Å². The summed E-state index contributed by atoms with van der Waals surface area (Å²) in [6, 6.07) is 33.2. The van der Waals surface area contributed by atoms with Gasteiger partial charge in [0.05, 0.1) is 22.5 Å². The van der Waals surface area contributed by atoms with Crippen molar-refractivity contribution in [1.29, 1.82) is 0 Å². The van der Waals surface area contributed by atoms with E-state index in [2.05, 4.69) is 9.98 Å². The van der Waals surface area contributed by atoms with Crippen LogP contribution >= 0.6 is 0 Å². The van der Waals surface area contributed by atoms with Crippen LogP contribution in [0.5, 0.6) is 23.0 Å². The van der Waals surface area contributed by atoms with Crippen molar-refractivity contribution in [3.8, 4) is 23.0 Å². The Morgan fingerprint density at radius 2 is 0.907 bits per heavy atom. The zero-order valence-electron chi connectivity index (χ0n) is 22.4. The summed E-state index contributed by atoms with van der Waals surface area (Å²) in [5, 5.41) is 21.0. The average molecular weight is 752 g/mol. The number of nitrogens with zero attached hydrogens (tertiary/aromatic N) is 2. The second-order valence-corrected chi connectivity index (χ2v) is 8.96. The van der Waals surface area contributed by atoms with E-state index in [4.69, 9.17) is 9.47 Å². The number of carbonyl (C=O) groups excluding carboxylic acids is 2. The molecule has 0 aromatic heterocycles. The molecular formula is C34H24N2O6Pt. The summed E-state index contributed by atoms with van der Waals surface area (Å²) in [6.45, 7) is 0. The van der Waals surface area contributed by atoms with Crippen molar-refractivity contribution >= 4 is 35.7 Å². The zero-order chi connectivity index (χ0) is 29.3. The van der Waals surface area contributed by atoms with Crippen molar-refractivity contribution in [1.82, 2.24) is 0 Å². The third kappa shape index (κ3) is 8.12. The van der Waals surface area contributed by atoms with Crippen molar-refractivity contribution in [3.63, 3.8) is 0 Å². The van der Waals surface area contributed by atoms with Gasteiger partial charge in [0.25, 0.3) is 0 Å². The first-order valence-corrected chi connectivity index (χ1v) is 12.8. The van der Waals surface area contributed by atoms with Crippen LogP contribution in [0.2, 0.25) is 0 Å². The van der Waals surface area contributed by atoms with Gasteiger partial charge < -0.3 is 19.7 Å². The smallest absolute Gasteiger partial charge is 0.343 e. The number of ether oxygens (including phenoxy) is 2. The van der Waals surface area contributed by atoms with Crippen LogP contribution < -0.4 is 9.47 Å². The molecular weight excluding hydrogens is 727 g/mol. The van der Waals surface area contributed by atoms with Crippen LogP contribution in [-0.4, -0.2) is 34.6 Å². The van der Waals surface area contributed by atoms with Gasteiger partial charge in [-0.25, -0.2) is 9.59 Å². The van der Waals surface area contributed by atoms with Crippen LogP contribution in [0.25, 0.3) is 0 Å². The molecule has 2 N–H and O–H groups in total. The van der Waals surface area contributed by atoms with E-state index in [1.807, 2.05) is 12.1 Å². The fourth-order valence-corrected chi connectivity index (χ4v) is 3.83. The molecule has 0 saturated heterocycles. The molecule has 0 heterocycles. The summed E-state index contributed by atoms with van der Waals surface area (Å²) < 4.78 is 10.6. The van der Waals surface area contributed by atoms with Crippen molar-refractivity contribution in [2.45, 2.75) is 0 Å². The molecule has 0 aliphatic rings. The van der Waals surface area contributed by atoms with Gasteiger partial charge in [-0.15, -0.1) is 0 Å². The molecule has 0 unspecified atom stereocenters. The number of phenolic OH excluding ortho intramolecular Hbond substituents is 2. The standard InChI is InChI=1S/C34H24N2O6.Pt/c37-31-19-23(33(39)41-27-9-3-1-4-10-27)15-17-25(31)21-35-29-13-7-8-14-30(29)36-22-26-18-16-24(20-32(26)38)34(40)42-28-11-5-2-6-12-28;/h1-22,37-38H;. The molecule has 9 heteroatoms. The van der Waals surface area contributed by atoms with E-state index in [0.29, 0.717) is 34.0 Å². The first kappa shape index (κ1) is 30.6. The SMILES string of the molecule is O=C(Oc1ccccc1)c1ccc(C=Nc2ccccc2N=Cc2ccc(C(=O)Oc3ccccc3)cc2O)c(O)c1.[Pt]. The molecule has 5 aromatic rings. The van der Waals surface area contributed by atoms with E-state index >= 15 is 0 Å². The number of carbonyl (C=O) groups is 2. The largest absolute Gasteiger partial charge is 0.507 e. The Bertz CT molecular complexity index is 1660. The van der Waals surface area contributed by atoms with E-state index in [1.54, 1.807) is 97.1 Å². The number of aliphatic imine (C=N–C) groups is 2. The Labute approximate surface area is 261 Å². The Balaban J connectivity index is 0.00000423. The third-order valence-electron chi connectivity index (χ3n) is 6.01. The Kier molecular flexibility index (Phi) is 10.3. The number of para-hydroxylation sites is 4.